The highest BCUT2D eigenvalue weighted by molar-refractivity contribution is 5.14. The lowest BCUT2D eigenvalue weighted by molar-refractivity contribution is -0.185. The lowest BCUT2D eigenvalue weighted by Gasteiger charge is -2.36. The van der Waals surface area contributed by atoms with Crippen LogP contribution < -0.4 is 5.73 Å². The van der Waals surface area contributed by atoms with Gasteiger partial charge < -0.3 is 10.6 Å². The zero-order valence-corrected chi connectivity index (χ0v) is 10.2. The maximum absolute atomic E-state index is 12.5. The van der Waals surface area contributed by atoms with Crippen LogP contribution in [0.15, 0.2) is 0 Å². The number of hydrogen-bond acceptors (Lipinski definition) is 3. The van der Waals surface area contributed by atoms with Crippen molar-refractivity contribution in [3.63, 3.8) is 0 Å². The van der Waals surface area contributed by atoms with Crippen molar-refractivity contribution >= 4 is 0 Å². The molecule has 0 aromatic rings. The van der Waals surface area contributed by atoms with Crippen LogP contribution in [0.2, 0.25) is 0 Å². The first-order chi connectivity index (χ1) is 8.35. The molecule has 6 heteroatoms. The molecule has 2 aliphatic rings. The standard InChI is InChI=1S/C12H18F3N3/c13-12(14,15)10-3-5-18(6-4-10)8-11(17,7-16)9-1-2-9/h9-10H,1-6,8,17H2. The van der Waals surface area contributed by atoms with E-state index >= 15 is 0 Å². The fourth-order valence-electron chi connectivity index (χ4n) is 2.64. The van der Waals surface area contributed by atoms with E-state index in [0.717, 1.165) is 12.8 Å². The lowest BCUT2D eigenvalue weighted by Crippen LogP contribution is -2.53. The maximum Gasteiger partial charge on any atom is 0.391 e. The Bertz CT molecular complexity index is 337. The Morgan fingerprint density at radius 1 is 1.11 bits per heavy atom. The van der Waals surface area contributed by atoms with E-state index in [1.54, 1.807) is 0 Å². The molecular formula is C12H18F3N3. The predicted octanol–water partition coefficient (Wildman–Crippen LogP) is 1.89. The zero-order chi connectivity index (χ0) is 13.4. The molecule has 0 spiro atoms. The van der Waals surface area contributed by atoms with Crippen molar-refractivity contribution in [2.45, 2.75) is 37.4 Å². The number of halogens is 3. The monoisotopic (exact) mass is 261 g/mol. The van der Waals surface area contributed by atoms with Crippen molar-refractivity contribution in [2.24, 2.45) is 17.6 Å². The summed E-state index contributed by atoms with van der Waals surface area (Å²) in [5.74, 6) is -0.966. The average Bonchev–Trinajstić information content (AvgIpc) is 3.12. The smallest absolute Gasteiger partial charge is 0.312 e. The second-order valence-electron chi connectivity index (χ2n) is 5.52. The van der Waals surface area contributed by atoms with Crippen molar-refractivity contribution < 1.29 is 13.2 Å². The van der Waals surface area contributed by atoms with Crippen LogP contribution in [0.1, 0.15) is 25.7 Å². The minimum Gasteiger partial charge on any atom is -0.312 e. The Balaban J connectivity index is 1.85. The third kappa shape index (κ3) is 2.96. The second kappa shape index (κ2) is 4.71. The van der Waals surface area contributed by atoms with Crippen LogP contribution >= 0.6 is 0 Å². The Kier molecular flexibility index (Phi) is 3.56. The molecule has 0 amide bonds. The predicted molar refractivity (Wildman–Crippen MR) is 60.5 cm³/mol. The molecule has 3 nitrogen and oxygen atoms in total. The molecule has 0 aromatic carbocycles. The summed E-state index contributed by atoms with van der Waals surface area (Å²) in [6, 6.07) is 2.14. The molecule has 1 atom stereocenters. The molecule has 102 valence electrons. The largest absolute Gasteiger partial charge is 0.391 e. The Hall–Kier alpha value is -0.800. The van der Waals surface area contributed by atoms with E-state index < -0.39 is 17.6 Å². The summed E-state index contributed by atoms with van der Waals surface area (Å²) < 4.78 is 37.5. The Morgan fingerprint density at radius 2 is 1.67 bits per heavy atom. The second-order valence-corrected chi connectivity index (χ2v) is 5.52. The topological polar surface area (TPSA) is 53.1 Å². The van der Waals surface area contributed by atoms with E-state index in [2.05, 4.69) is 6.07 Å². The highest BCUT2D eigenvalue weighted by Gasteiger charge is 2.46. The maximum atomic E-state index is 12.5. The van der Waals surface area contributed by atoms with Gasteiger partial charge in [0.05, 0.1) is 12.0 Å². The number of piperidine rings is 1. The molecule has 1 aliphatic carbocycles. The lowest BCUT2D eigenvalue weighted by atomic mass is 9.92. The quantitative estimate of drug-likeness (QED) is 0.844. The first-order valence-electron chi connectivity index (χ1n) is 6.34. The van der Waals surface area contributed by atoms with E-state index in [1.807, 2.05) is 4.90 Å². The summed E-state index contributed by atoms with van der Waals surface area (Å²) >= 11 is 0. The molecular weight excluding hydrogens is 243 g/mol. The molecule has 1 aliphatic heterocycles. The number of nitrogens with two attached hydrogens (primary N) is 1. The molecule has 1 saturated carbocycles. The number of rotatable bonds is 3. The first-order valence-corrected chi connectivity index (χ1v) is 6.34. The van der Waals surface area contributed by atoms with Crippen LogP contribution in [0, 0.1) is 23.2 Å². The van der Waals surface area contributed by atoms with Crippen molar-refractivity contribution in [3.8, 4) is 6.07 Å². The summed E-state index contributed by atoms with van der Waals surface area (Å²) in [5.41, 5.74) is 5.16. The number of nitrogens with zero attached hydrogens (tertiary/aromatic N) is 2. The molecule has 0 aromatic heterocycles. The van der Waals surface area contributed by atoms with Crippen LogP contribution in [0.3, 0.4) is 0 Å². The SMILES string of the molecule is N#CC(N)(CN1CCC(C(F)(F)F)CC1)C1CC1. The molecule has 2 N–H and O–H groups in total. The highest BCUT2D eigenvalue weighted by Crippen LogP contribution is 2.39. The number of hydrogen-bond donors (Lipinski definition) is 1. The summed E-state index contributed by atoms with van der Waals surface area (Å²) in [4.78, 5) is 1.91. The first kappa shape index (κ1) is 13.6. The summed E-state index contributed by atoms with van der Waals surface area (Å²) in [6.07, 6.45) is -1.92. The minimum atomic E-state index is -4.09. The molecule has 2 fully saturated rings. The van der Waals surface area contributed by atoms with Gasteiger partial charge in [-0.15, -0.1) is 0 Å². The Morgan fingerprint density at radius 3 is 2.06 bits per heavy atom. The zero-order valence-electron chi connectivity index (χ0n) is 10.2. The van der Waals surface area contributed by atoms with E-state index in [4.69, 9.17) is 11.0 Å². The van der Waals surface area contributed by atoms with Gasteiger partial charge in [-0.25, -0.2) is 0 Å². The normalized spacial score (nSPS) is 26.6. The van der Waals surface area contributed by atoms with Gasteiger partial charge in [-0.2, -0.15) is 18.4 Å². The summed E-state index contributed by atoms with van der Waals surface area (Å²) in [7, 11) is 0. The van der Waals surface area contributed by atoms with Crippen molar-refractivity contribution in [1.82, 2.24) is 4.90 Å². The summed E-state index contributed by atoms with van der Waals surface area (Å²) in [5, 5.41) is 9.13. The van der Waals surface area contributed by atoms with Crippen molar-refractivity contribution in [1.29, 1.82) is 5.26 Å². The molecule has 0 bridgehead atoms. The third-order valence-corrected chi connectivity index (χ3v) is 4.05. The molecule has 18 heavy (non-hydrogen) atoms. The summed E-state index contributed by atoms with van der Waals surface area (Å²) in [6.45, 7) is 1.17. The van der Waals surface area contributed by atoms with Crippen LogP contribution in [0.25, 0.3) is 0 Å². The highest BCUT2D eigenvalue weighted by atomic mass is 19.4. The fraction of sp³-hybridized carbons (Fsp3) is 0.917. The van der Waals surface area contributed by atoms with Gasteiger partial charge >= 0.3 is 6.18 Å². The molecule has 1 unspecified atom stereocenters. The van der Waals surface area contributed by atoms with Crippen LogP contribution in [0.4, 0.5) is 13.2 Å². The van der Waals surface area contributed by atoms with Crippen LogP contribution in [-0.4, -0.2) is 36.2 Å². The van der Waals surface area contributed by atoms with E-state index in [9.17, 15) is 13.2 Å². The van der Waals surface area contributed by atoms with Crippen LogP contribution in [0.5, 0.6) is 0 Å². The molecule has 2 rings (SSSR count). The molecule has 1 saturated heterocycles. The fourth-order valence-corrected chi connectivity index (χ4v) is 2.64. The molecule has 0 radical (unpaired) electrons. The number of alkyl halides is 3. The Labute approximate surface area is 105 Å². The van der Waals surface area contributed by atoms with E-state index in [1.165, 1.54) is 0 Å². The molecule has 1 heterocycles. The van der Waals surface area contributed by atoms with Gasteiger partial charge in [-0.1, -0.05) is 0 Å². The van der Waals surface area contributed by atoms with Gasteiger partial charge in [-0.05, 0) is 44.7 Å². The average molecular weight is 261 g/mol. The van der Waals surface area contributed by atoms with Gasteiger partial charge in [0.25, 0.3) is 0 Å². The van der Waals surface area contributed by atoms with Gasteiger partial charge in [0.15, 0.2) is 0 Å². The van der Waals surface area contributed by atoms with Gasteiger partial charge in [0, 0.05) is 6.54 Å². The van der Waals surface area contributed by atoms with Gasteiger partial charge in [0.2, 0.25) is 0 Å². The van der Waals surface area contributed by atoms with Crippen molar-refractivity contribution in [2.75, 3.05) is 19.6 Å². The number of nitriles is 1. The van der Waals surface area contributed by atoms with Crippen LogP contribution in [-0.2, 0) is 0 Å². The number of likely N-dealkylation sites (tertiary alicyclic amines) is 1. The van der Waals surface area contributed by atoms with Gasteiger partial charge in [-0.3, -0.25) is 0 Å². The van der Waals surface area contributed by atoms with E-state index in [0.29, 0.717) is 19.6 Å². The van der Waals surface area contributed by atoms with E-state index in [-0.39, 0.29) is 18.8 Å². The van der Waals surface area contributed by atoms with Crippen molar-refractivity contribution in [3.05, 3.63) is 0 Å². The third-order valence-electron chi connectivity index (χ3n) is 4.05. The van der Waals surface area contributed by atoms with Gasteiger partial charge in [0.1, 0.15) is 5.54 Å². The minimum absolute atomic E-state index is 0.121.